The number of hydrogen-bond donors (Lipinski definition) is 0. The van der Waals surface area contributed by atoms with Crippen LogP contribution in [0.4, 0.5) is 0 Å². The first-order valence-corrected chi connectivity index (χ1v) is 12.4. The molecule has 32 heavy (non-hydrogen) atoms. The van der Waals surface area contributed by atoms with Crippen molar-refractivity contribution in [1.29, 1.82) is 0 Å². The molecule has 3 aromatic rings. The molecule has 0 unspecified atom stereocenters. The van der Waals surface area contributed by atoms with E-state index in [1.165, 1.54) is 23.5 Å². The fourth-order valence-corrected chi connectivity index (χ4v) is 5.28. The van der Waals surface area contributed by atoms with Crippen LogP contribution in [-0.4, -0.2) is 61.5 Å². The van der Waals surface area contributed by atoms with E-state index < -0.39 is 0 Å². The number of rotatable bonds is 8. The Bertz CT molecular complexity index is 1060. The molecule has 1 fully saturated rings. The summed E-state index contributed by atoms with van der Waals surface area (Å²) in [7, 11) is 1.64. The molecule has 1 saturated heterocycles. The molecule has 0 bridgehead atoms. The Balaban J connectivity index is 1.56. The van der Waals surface area contributed by atoms with Crippen molar-refractivity contribution in [2.45, 2.75) is 42.8 Å². The molecule has 0 radical (unpaired) electrons. The van der Waals surface area contributed by atoms with Crippen LogP contribution in [0.25, 0.3) is 5.69 Å². The van der Waals surface area contributed by atoms with Crippen LogP contribution in [-0.2, 0) is 10.5 Å². The van der Waals surface area contributed by atoms with Crippen LogP contribution in [0.5, 0.6) is 5.75 Å². The fraction of sp³-hybridized carbons (Fsp3) is 0.409. The molecule has 0 aliphatic carbocycles. The maximum atomic E-state index is 12.5. The van der Waals surface area contributed by atoms with E-state index in [0.717, 1.165) is 54.6 Å². The molecule has 168 valence electrons. The Hall–Kier alpha value is -2.59. The molecule has 4 rings (SSSR count). The largest absolute Gasteiger partial charge is 0.497 e. The van der Waals surface area contributed by atoms with E-state index in [1.54, 1.807) is 7.11 Å². The van der Waals surface area contributed by atoms with Gasteiger partial charge in [0, 0.05) is 30.2 Å². The van der Waals surface area contributed by atoms with E-state index in [4.69, 9.17) is 4.74 Å². The highest BCUT2D eigenvalue weighted by Crippen LogP contribution is 2.27. The Kier molecular flexibility index (Phi) is 7.31. The fourth-order valence-electron chi connectivity index (χ4n) is 3.55. The van der Waals surface area contributed by atoms with Gasteiger partial charge in [-0.3, -0.25) is 9.36 Å². The number of likely N-dealkylation sites (tertiary alicyclic amines) is 1. The third-order valence-corrected chi connectivity index (χ3v) is 6.86. The molecule has 1 aliphatic rings. The molecule has 0 N–H and O–H groups in total. The Morgan fingerprint density at radius 1 is 1.03 bits per heavy atom. The second-order valence-corrected chi connectivity index (χ2v) is 9.42. The highest BCUT2D eigenvalue weighted by atomic mass is 32.2. The highest BCUT2D eigenvalue weighted by Gasteiger charge is 2.21. The summed E-state index contributed by atoms with van der Waals surface area (Å²) in [5, 5.41) is 10.2. The van der Waals surface area contributed by atoms with Crippen LogP contribution in [0.15, 0.2) is 40.6 Å². The number of methoxy groups -OCH3 is 1. The van der Waals surface area contributed by atoms with Crippen LogP contribution in [0.3, 0.4) is 0 Å². The van der Waals surface area contributed by atoms with Gasteiger partial charge in [0.15, 0.2) is 10.3 Å². The van der Waals surface area contributed by atoms with Gasteiger partial charge < -0.3 is 9.64 Å². The van der Waals surface area contributed by atoms with E-state index >= 15 is 0 Å². The van der Waals surface area contributed by atoms with Gasteiger partial charge >= 0.3 is 0 Å². The number of aryl methyl sites for hydroxylation is 2. The van der Waals surface area contributed by atoms with Gasteiger partial charge in [0.2, 0.25) is 5.91 Å². The zero-order valence-electron chi connectivity index (χ0n) is 18.4. The summed E-state index contributed by atoms with van der Waals surface area (Å²) < 4.78 is 7.29. The van der Waals surface area contributed by atoms with Gasteiger partial charge in [0.1, 0.15) is 11.6 Å². The maximum absolute atomic E-state index is 12.5. The van der Waals surface area contributed by atoms with Gasteiger partial charge in [-0.05, 0) is 57.0 Å². The SMILES string of the molecule is COc1ccc(-n2c(CSc3nc(C)cc(C)n3)nnc2SCC(=O)N2CCCC2)cc1. The minimum Gasteiger partial charge on any atom is -0.497 e. The third-order valence-electron chi connectivity index (χ3n) is 5.11. The highest BCUT2D eigenvalue weighted by molar-refractivity contribution is 7.99. The number of carbonyl (C=O) groups is 1. The molecule has 1 aromatic carbocycles. The Morgan fingerprint density at radius 3 is 2.38 bits per heavy atom. The Labute approximate surface area is 196 Å². The number of amides is 1. The van der Waals surface area contributed by atoms with Crippen LogP contribution in [0.2, 0.25) is 0 Å². The number of carbonyl (C=O) groups excluding carboxylic acids is 1. The van der Waals surface area contributed by atoms with E-state index in [-0.39, 0.29) is 5.91 Å². The minimum atomic E-state index is 0.149. The lowest BCUT2D eigenvalue weighted by Gasteiger charge is -2.15. The van der Waals surface area contributed by atoms with Crippen molar-refractivity contribution in [2.75, 3.05) is 26.0 Å². The van der Waals surface area contributed by atoms with Crippen molar-refractivity contribution in [3.63, 3.8) is 0 Å². The summed E-state index contributed by atoms with van der Waals surface area (Å²) >= 11 is 2.94. The minimum absolute atomic E-state index is 0.149. The zero-order chi connectivity index (χ0) is 22.5. The first kappa shape index (κ1) is 22.6. The number of aromatic nitrogens is 5. The molecular weight excluding hydrogens is 444 g/mol. The van der Waals surface area contributed by atoms with Gasteiger partial charge in [-0.1, -0.05) is 23.5 Å². The van der Waals surface area contributed by atoms with Crippen LogP contribution in [0, 0.1) is 13.8 Å². The van der Waals surface area contributed by atoms with Gasteiger partial charge in [-0.15, -0.1) is 10.2 Å². The summed E-state index contributed by atoms with van der Waals surface area (Å²) in [5.41, 5.74) is 2.80. The van der Waals surface area contributed by atoms with Gasteiger partial charge in [0.25, 0.3) is 0 Å². The topological polar surface area (TPSA) is 86.0 Å². The molecule has 2 aromatic heterocycles. The lowest BCUT2D eigenvalue weighted by molar-refractivity contribution is -0.127. The van der Waals surface area contributed by atoms with Crippen molar-refractivity contribution in [2.24, 2.45) is 0 Å². The summed E-state index contributed by atoms with van der Waals surface area (Å²) in [6, 6.07) is 9.70. The van der Waals surface area contributed by atoms with Gasteiger partial charge in [-0.2, -0.15) is 0 Å². The standard InChI is InChI=1S/C22H26N6O2S2/c1-15-12-16(2)24-21(23-15)31-13-19-25-26-22(32-14-20(29)27-10-4-5-11-27)28(19)17-6-8-18(30-3)9-7-17/h6-9,12H,4-5,10-11,13-14H2,1-3H3. The second-order valence-electron chi connectivity index (χ2n) is 7.53. The molecule has 10 heteroatoms. The predicted molar refractivity (Wildman–Crippen MR) is 126 cm³/mol. The average Bonchev–Trinajstić information content (AvgIpc) is 3.46. The zero-order valence-corrected chi connectivity index (χ0v) is 20.1. The van der Waals surface area contributed by atoms with E-state index in [1.807, 2.05) is 53.6 Å². The summed E-state index contributed by atoms with van der Waals surface area (Å²) in [5.74, 6) is 2.61. The maximum Gasteiger partial charge on any atom is 0.233 e. The summed E-state index contributed by atoms with van der Waals surface area (Å²) in [4.78, 5) is 23.5. The van der Waals surface area contributed by atoms with Crippen LogP contribution in [0.1, 0.15) is 30.1 Å². The van der Waals surface area contributed by atoms with Crippen molar-refractivity contribution >= 4 is 29.4 Å². The van der Waals surface area contributed by atoms with Crippen molar-refractivity contribution in [3.8, 4) is 11.4 Å². The number of nitrogens with zero attached hydrogens (tertiary/aromatic N) is 6. The number of thioether (sulfide) groups is 2. The number of ether oxygens (including phenoxy) is 1. The normalized spacial score (nSPS) is 13.5. The average molecular weight is 471 g/mol. The van der Waals surface area contributed by atoms with E-state index in [9.17, 15) is 4.79 Å². The molecule has 1 aliphatic heterocycles. The molecule has 3 heterocycles. The van der Waals surface area contributed by atoms with Crippen LogP contribution >= 0.6 is 23.5 Å². The van der Waals surface area contributed by atoms with Crippen molar-refractivity contribution in [1.82, 2.24) is 29.6 Å². The van der Waals surface area contributed by atoms with Gasteiger partial charge in [0.05, 0.1) is 18.6 Å². The van der Waals surface area contributed by atoms with Crippen molar-refractivity contribution in [3.05, 3.63) is 47.5 Å². The first-order chi connectivity index (χ1) is 15.5. The number of hydrogen-bond acceptors (Lipinski definition) is 8. The lowest BCUT2D eigenvalue weighted by atomic mass is 10.3. The predicted octanol–water partition coefficient (Wildman–Crippen LogP) is 3.69. The molecule has 8 nitrogen and oxygen atoms in total. The smallest absolute Gasteiger partial charge is 0.233 e. The van der Waals surface area contributed by atoms with E-state index in [2.05, 4.69) is 20.2 Å². The van der Waals surface area contributed by atoms with Gasteiger partial charge in [-0.25, -0.2) is 9.97 Å². The third kappa shape index (κ3) is 5.42. The first-order valence-electron chi connectivity index (χ1n) is 10.5. The summed E-state index contributed by atoms with van der Waals surface area (Å²) in [6.45, 7) is 5.63. The molecular formula is C22H26N6O2S2. The molecule has 0 saturated carbocycles. The molecule has 0 atom stereocenters. The number of benzene rings is 1. The van der Waals surface area contributed by atoms with E-state index in [0.29, 0.717) is 21.8 Å². The van der Waals surface area contributed by atoms with Crippen molar-refractivity contribution < 1.29 is 9.53 Å². The quantitative estimate of drug-likeness (QED) is 0.364. The molecule has 0 spiro atoms. The second kappa shape index (κ2) is 10.4. The monoisotopic (exact) mass is 470 g/mol. The Morgan fingerprint density at radius 2 is 1.72 bits per heavy atom. The van der Waals surface area contributed by atoms with Crippen LogP contribution < -0.4 is 4.74 Å². The molecule has 1 amide bonds. The summed E-state index contributed by atoms with van der Waals surface area (Å²) in [6.07, 6.45) is 2.17. The lowest BCUT2D eigenvalue weighted by Crippen LogP contribution is -2.29.